The second-order valence-electron chi connectivity index (χ2n) is 7.16. The monoisotopic (exact) mass is 371 g/mol. The Hall–Kier alpha value is -3.14. The Kier molecular flexibility index (Phi) is 4.86. The van der Waals surface area contributed by atoms with E-state index in [4.69, 9.17) is 4.42 Å². The van der Waals surface area contributed by atoms with Crippen LogP contribution in [0.4, 0.5) is 0 Å². The highest BCUT2D eigenvalue weighted by Crippen LogP contribution is 2.40. The molecule has 0 aliphatic heterocycles. The van der Waals surface area contributed by atoms with Gasteiger partial charge in [0.2, 0.25) is 5.89 Å². The summed E-state index contributed by atoms with van der Waals surface area (Å²) >= 11 is 0. The van der Waals surface area contributed by atoms with Gasteiger partial charge < -0.3 is 9.40 Å². The summed E-state index contributed by atoms with van der Waals surface area (Å²) in [5, 5.41) is 0. The Morgan fingerprint density at radius 1 is 0.893 bits per heavy atom. The molecule has 28 heavy (non-hydrogen) atoms. The Balaban J connectivity index is 2.02. The molecule has 0 radical (unpaired) electrons. The molecule has 2 aromatic heterocycles. The van der Waals surface area contributed by atoms with Crippen LogP contribution in [0, 0.1) is 13.8 Å². The zero-order valence-electron chi connectivity index (χ0n) is 16.8. The van der Waals surface area contributed by atoms with Crippen LogP contribution >= 0.6 is 0 Å². The number of nitrogens with zero attached hydrogens (tertiary/aromatic N) is 2. The molecule has 0 spiro atoms. The van der Waals surface area contributed by atoms with E-state index in [-0.39, 0.29) is 0 Å². The number of imidazole rings is 1. The number of hydrogen-bond acceptors (Lipinski definition) is 3. The Morgan fingerprint density at radius 3 is 2.32 bits per heavy atom. The number of rotatable bonds is 5. The predicted molar refractivity (Wildman–Crippen MR) is 113 cm³/mol. The van der Waals surface area contributed by atoms with Crippen molar-refractivity contribution in [2.24, 2.45) is 0 Å². The van der Waals surface area contributed by atoms with E-state index in [1.54, 1.807) is 12.5 Å². The van der Waals surface area contributed by atoms with Crippen molar-refractivity contribution in [2.75, 3.05) is 0 Å². The van der Waals surface area contributed by atoms with Crippen molar-refractivity contribution in [3.05, 3.63) is 71.4 Å². The minimum Gasteiger partial charge on any atom is -0.445 e. The van der Waals surface area contributed by atoms with Crippen molar-refractivity contribution >= 4 is 0 Å². The average molecular weight is 371 g/mol. The molecule has 0 aliphatic rings. The summed E-state index contributed by atoms with van der Waals surface area (Å²) in [5.41, 5.74) is 9.85. The molecule has 142 valence electrons. The van der Waals surface area contributed by atoms with Gasteiger partial charge in [-0.3, -0.25) is 0 Å². The van der Waals surface area contributed by atoms with Crippen LogP contribution in [-0.2, 0) is 12.8 Å². The van der Waals surface area contributed by atoms with Crippen LogP contribution in [0.15, 0.2) is 53.5 Å². The van der Waals surface area contributed by atoms with Gasteiger partial charge in [-0.25, -0.2) is 9.97 Å². The fourth-order valence-corrected chi connectivity index (χ4v) is 4.02. The molecule has 0 saturated carbocycles. The highest BCUT2D eigenvalue weighted by Gasteiger charge is 2.20. The molecule has 0 amide bonds. The van der Waals surface area contributed by atoms with Gasteiger partial charge >= 0.3 is 0 Å². The van der Waals surface area contributed by atoms with Crippen LogP contribution < -0.4 is 0 Å². The number of hydrogen-bond donors (Lipinski definition) is 1. The topological polar surface area (TPSA) is 54.7 Å². The van der Waals surface area contributed by atoms with Crippen molar-refractivity contribution in [1.82, 2.24) is 15.0 Å². The zero-order valence-corrected chi connectivity index (χ0v) is 16.8. The minimum atomic E-state index is 0.662. The first kappa shape index (κ1) is 18.2. The zero-order chi connectivity index (χ0) is 19.7. The molecular formula is C24H25N3O. The molecule has 0 bridgehead atoms. The normalized spacial score (nSPS) is 11.1. The maximum absolute atomic E-state index is 5.54. The van der Waals surface area contributed by atoms with Crippen LogP contribution in [0.1, 0.15) is 36.1 Å². The molecule has 2 aromatic carbocycles. The maximum Gasteiger partial charge on any atom is 0.225 e. The molecule has 2 heterocycles. The van der Waals surface area contributed by atoms with Gasteiger partial charge in [-0.2, -0.15) is 0 Å². The van der Waals surface area contributed by atoms with Crippen LogP contribution in [0.3, 0.4) is 0 Å². The summed E-state index contributed by atoms with van der Waals surface area (Å²) in [7, 11) is 0. The van der Waals surface area contributed by atoms with E-state index in [0.717, 1.165) is 29.8 Å². The van der Waals surface area contributed by atoms with Crippen LogP contribution in [0.5, 0.6) is 0 Å². The standard InChI is InChI=1S/C24H25N3O/c1-5-17-11-15(3)12-20(23-25-7-8-26-23)22(17)21-16(4)13-19(14-18(21)6-2)24-27-9-10-28-24/h7-14H,5-6H2,1-4H3,(H,25,26). The maximum atomic E-state index is 5.54. The number of H-pyrrole nitrogens is 1. The van der Waals surface area contributed by atoms with Gasteiger partial charge in [0.25, 0.3) is 0 Å². The summed E-state index contributed by atoms with van der Waals surface area (Å²) in [5.74, 6) is 1.57. The molecule has 4 rings (SSSR count). The number of oxazole rings is 1. The number of nitrogens with one attached hydrogen (secondary N) is 1. The second-order valence-corrected chi connectivity index (χ2v) is 7.16. The lowest BCUT2D eigenvalue weighted by atomic mass is 9.84. The Morgan fingerprint density at radius 2 is 1.68 bits per heavy atom. The van der Waals surface area contributed by atoms with Gasteiger partial charge in [0.15, 0.2) is 0 Å². The van der Waals surface area contributed by atoms with Gasteiger partial charge in [0.1, 0.15) is 12.1 Å². The predicted octanol–water partition coefficient (Wildman–Crippen LogP) is 6.14. The van der Waals surface area contributed by atoms with E-state index in [1.165, 1.54) is 33.4 Å². The molecule has 0 unspecified atom stereocenters. The molecule has 0 fully saturated rings. The van der Waals surface area contributed by atoms with Crippen molar-refractivity contribution in [3.63, 3.8) is 0 Å². The van der Waals surface area contributed by atoms with E-state index >= 15 is 0 Å². The van der Waals surface area contributed by atoms with E-state index in [9.17, 15) is 0 Å². The average Bonchev–Trinajstić information content (AvgIpc) is 3.41. The fourth-order valence-electron chi connectivity index (χ4n) is 4.02. The van der Waals surface area contributed by atoms with E-state index in [1.807, 2.05) is 12.4 Å². The molecule has 0 saturated heterocycles. The van der Waals surface area contributed by atoms with Gasteiger partial charge in [-0.15, -0.1) is 0 Å². The third-order valence-electron chi connectivity index (χ3n) is 5.23. The summed E-state index contributed by atoms with van der Waals surface area (Å²) in [6.45, 7) is 8.73. The lowest BCUT2D eigenvalue weighted by molar-refractivity contribution is 0.574. The third-order valence-corrected chi connectivity index (χ3v) is 5.23. The van der Waals surface area contributed by atoms with Crippen LogP contribution in [0.2, 0.25) is 0 Å². The highest BCUT2D eigenvalue weighted by atomic mass is 16.3. The summed E-state index contributed by atoms with van der Waals surface area (Å²) in [6, 6.07) is 8.90. The number of aromatic amines is 1. The van der Waals surface area contributed by atoms with E-state index in [2.05, 4.69) is 66.9 Å². The first-order chi connectivity index (χ1) is 13.6. The largest absolute Gasteiger partial charge is 0.445 e. The van der Waals surface area contributed by atoms with Crippen molar-refractivity contribution < 1.29 is 4.42 Å². The van der Waals surface area contributed by atoms with Crippen LogP contribution in [-0.4, -0.2) is 15.0 Å². The third kappa shape index (κ3) is 3.15. The first-order valence-corrected chi connectivity index (χ1v) is 9.79. The van der Waals surface area contributed by atoms with E-state index in [0.29, 0.717) is 5.89 Å². The minimum absolute atomic E-state index is 0.662. The molecule has 1 N–H and O–H groups in total. The van der Waals surface area contributed by atoms with Gasteiger partial charge in [0.05, 0.1) is 6.20 Å². The molecule has 4 nitrogen and oxygen atoms in total. The SMILES string of the molecule is CCc1cc(-c2ncco2)cc(C)c1-c1c(CC)cc(C)cc1-c1ncc[nH]1. The van der Waals surface area contributed by atoms with Crippen molar-refractivity contribution in [3.8, 4) is 34.0 Å². The smallest absolute Gasteiger partial charge is 0.225 e. The Bertz CT molecular complexity index is 1090. The number of aromatic nitrogens is 3. The molecule has 4 heteroatoms. The van der Waals surface area contributed by atoms with Gasteiger partial charge in [-0.1, -0.05) is 25.5 Å². The first-order valence-electron chi connectivity index (χ1n) is 9.79. The number of benzene rings is 2. The summed E-state index contributed by atoms with van der Waals surface area (Å²) in [4.78, 5) is 12.2. The summed E-state index contributed by atoms with van der Waals surface area (Å²) in [6.07, 6.45) is 8.90. The second kappa shape index (κ2) is 7.47. The van der Waals surface area contributed by atoms with Gasteiger partial charge in [0, 0.05) is 23.5 Å². The molecule has 4 aromatic rings. The highest BCUT2D eigenvalue weighted by molar-refractivity contribution is 5.88. The van der Waals surface area contributed by atoms with Crippen LogP contribution in [0.25, 0.3) is 34.0 Å². The molecule has 0 aliphatic carbocycles. The van der Waals surface area contributed by atoms with E-state index < -0.39 is 0 Å². The molecular weight excluding hydrogens is 346 g/mol. The lowest BCUT2D eigenvalue weighted by Gasteiger charge is -2.20. The molecule has 0 atom stereocenters. The summed E-state index contributed by atoms with van der Waals surface area (Å²) < 4.78 is 5.54. The van der Waals surface area contributed by atoms with Crippen molar-refractivity contribution in [2.45, 2.75) is 40.5 Å². The van der Waals surface area contributed by atoms with Crippen molar-refractivity contribution in [1.29, 1.82) is 0 Å². The lowest BCUT2D eigenvalue weighted by Crippen LogP contribution is -2.01. The Labute approximate surface area is 165 Å². The fraction of sp³-hybridized carbons (Fsp3) is 0.250. The van der Waals surface area contributed by atoms with Gasteiger partial charge in [-0.05, 0) is 72.7 Å². The quantitative estimate of drug-likeness (QED) is 0.458. The number of aryl methyl sites for hydroxylation is 4.